The molecule has 0 saturated heterocycles. The van der Waals surface area contributed by atoms with Crippen LogP contribution < -0.4 is 5.32 Å². The molecular formula is C14H25N3. The first kappa shape index (κ1) is 14.0. The Hall–Kier alpha value is -1.09. The molecule has 96 valence electrons. The average Bonchev–Trinajstić information content (AvgIpc) is 2.31. The zero-order chi connectivity index (χ0) is 12.7. The summed E-state index contributed by atoms with van der Waals surface area (Å²) in [5.41, 5.74) is 1.28. The fourth-order valence-electron chi connectivity index (χ4n) is 1.84. The fourth-order valence-corrected chi connectivity index (χ4v) is 1.84. The summed E-state index contributed by atoms with van der Waals surface area (Å²) in [7, 11) is 2.17. The second-order valence-electron chi connectivity index (χ2n) is 4.79. The summed E-state index contributed by atoms with van der Waals surface area (Å²) in [6.45, 7) is 9.65. The third-order valence-electron chi connectivity index (χ3n) is 2.96. The minimum absolute atomic E-state index is 0.758. The zero-order valence-electron chi connectivity index (χ0n) is 11.5. The van der Waals surface area contributed by atoms with Crippen LogP contribution >= 0.6 is 0 Å². The lowest BCUT2D eigenvalue weighted by molar-refractivity contribution is 0.275. The van der Waals surface area contributed by atoms with Crippen molar-refractivity contribution >= 4 is 5.82 Å². The Morgan fingerprint density at radius 1 is 1.35 bits per heavy atom. The van der Waals surface area contributed by atoms with Crippen LogP contribution in [0, 0.1) is 5.92 Å². The standard InChI is InChI=1S/C14H25N3/c1-5-12(3)10-17(4)11-13-7-8-14(15-6-2)16-9-13/h7-9,12H,5-6,10-11H2,1-4H3,(H,15,16). The van der Waals surface area contributed by atoms with E-state index in [1.807, 2.05) is 6.20 Å². The lowest BCUT2D eigenvalue weighted by Gasteiger charge is -2.20. The molecule has 17 heavy (non-hydrogen) atoms. The van der Waals surface area contributed by atoms with Crippen LogP contribution in [0.15, 0.2) is 18.3 Å². The zero-order valence-corrected chi connectivity index (χ0v) is 11.5. The van der Waals surface area contributed by atoms with Gasteiger partial charge in [0.2, 0.25) is 0 Å². The minimum atomic E-state index is 0.758. The summed E-state index contributed by atoms with van der Waals surface area (Å²) >= 11 is 0. The van der Waals surface area contributed by atoms with Crippen molar-refractivity contribution in [1.29, 1.82) is 0 Å². The maximum Gasteiger partial charge on any atom is 0.125 e. The van der Waals surface area contributed by atoms with Gasteiger partial charge in [-0.3, -0.25) is 0 Å². The Kier molecular flexibility index (Phi) is 5.98. The van der Waals surface area contributed by atoms with E-state index in [0.29, 0.717) is 0 Å². The molecule has 0 aromatic carbocycles. The third kappa shape index (κ3) is 5.18. The Labute approximate surface area is 105 Å². The number of nitrogens with one attached hydrogen (secondary N) is 1. The molecule has 0 saturated carbocycles. The van der Waals surface area contributed by atoms with Gasteiger partial charge >= 0.3 is 0 Å². The summed E-state index contributed by atoms with van der Waals surface area (Å²) in [5, 5.41) is 3.20. The first-order valence-electron chi connectivity index (χ1n) is 6.53. The number of anilines is 1. The normalized spacial score (nSPS) is 12.8. The van der Waals surface area contributed by atoms with Gasteiger partial charge in [0.1, 0.15) is 5.82 Å². The molecule has 0 aliphatic heterocycles. The van der Waals surface area contributed by atoms with Crippen LogP contribution in [0.5, 0.6) is 0 Å². The Morgan fingerprint density at radius 3 is 2.65 bits per heavy atom. The average molecular weight is 235 g/mol. The van der Waals surface area contributed by atoms with Crippen LogP contribution in [0.25, 0.3) is 0 Å². The largest absolute Gasteiger partial charge is 0.370 e. The molecule has 0 aliphatic rings. The van der Waals surface area contributed by atoms with Crippen molar-refractivity contribution in [3.63, 3.8) is 0 Å². The highest BCUT2D eigenvalue weighted by Gasteiger charge is 2.05. The Bertz CT molecular complexity index is 308. The van der Waals surface area contributed by atoms with E-state index < -0.39 is 0 Å². The topological polar surface area (TPSA) is 28.2 Å². The summed E-state index contributed by atoms with van der Waals surface area (Å²) in [6.07, 6.45) is 3.20. The molecule has 0 spiro atoms. The van der Waals surface area contributed by atoms with Crippen molar-refractivity contribution in [2.45, 2.75) is 33.7 Å². The first-order valence-corrected chi connectivity index (χ1v) is 6.53. The van der Waals surface area contributed by atoms with Gasteiger partial charge < -0.3 is 10.2 Å². The Balaban J connectivity index is 2.45. The van der Waals surface area contributed by atoms with Crippen LogP contribution in [0.2, 0.25) is 0 Å². The smallest absolute Gasteiger partial charge is 0.125 e. The van der Waals surface area contributed by atoms with Gasteiger partial charge in [-0.2, -0.15) is 0 Å². The van der Waals surface area contributed by atoms with Crippen LogP contribution in [-0.2, 0) is 6.54 Å². The van der Waals surface area contributed by atoms with Gasteiger partial charge in [0.05, 0.1) is 0 Å². The quantitative estimate of drug-likeness (QED) is 0.787. The molecule has 0 fully saturated rings. The highest BCUT2D eigenvalue weighted by atomic mass is 15.1. The number of hydrogen-bond donors (Lipinski definition) is 1. The van der Waals surface area contributed by atoms with E-state index in [4.69, 9.17) is 0 Å². The van der Waals surface area contributed by atoms with E-state index in [9.17, 15) is 0 Å². The molecule has 0 bridgehead atoms. The van der Waals surface area contributed by atoms with E-state index in [2.05, 4.69) is 55.2 Å². The number of hydrogen-bond acceptors (Lipinski definition) is 3. The third-order valence-corrected chi connectivity index (χ3v) is 2.96. The molecular weight excluding hydrogens is 210 g/mol. The lowest BCUT2D eigenvalue weighted by Crippen LogP contribution is -2.23. The molecule has 1 atom stereocenters. The van der Waals surface area contributed by atoms with Gasteiger partial charge in [-0.15, -0.1) is 0 Å². The summed E-state index contributed by atoms with van der Waals surface area (Å²) < 4.78 is 0. The lowest BCUT2D eigenvalue weighted by atomic mass is 10.1. The summed E-state index contributed by atoms with van der Waals surface area (Å²) in [6, 6.07) is 4.20. The predicted octanol–water partition coefficient (Wildman–Crippen LogP) is 2.99. The number of nitrogens with zero attached hydrogens (tertiary/aromatic N) is 2. The second kappa shape index (κ2) is 7.28. The second-order valence-corrected chi connectivity index (χ2v) is 4.79. The molecule has 3 nitrogen and oxygen atoms in total. The van der Waals surface area contributed by atoms with Gasteiger partial charge in [-0.05, 0) is 31.5 Å². The van der Waals surface area contributed by atoms with Gasteiger partial charge in [-0.1, -0.05) is 26.3 Å². The van der Waals surface area contributed by atoms with E-state index in [1.165, 1.54) is 12.0 Å². The molecule has 1 rings (SSSR count). The molecule has 0 radical (unpaired) electrons. The molecule has 1 unspecified atom stereocenters. The van der Waals surface area contributed by atoms with Gasteiger partial charge in [-0.25, -0.2) is 4.98 Å². The molecule has 1 aromatic rings. The van der Waals surface area contributed by atoms with E-state index in [-0.39, 0.29) is 0 Å². The maximum atomic E-state index is 4.38. The Morgan fingerprint density at radius 2 is 2.12 bits per heavy atom. The van der Waals surface area contributed by atoms with Gasteiger partial charge in [0.15, 0.2) is 0 Å². The van der Waals surface area contributed by atoms with Crippen LogP contribution in [0.1, 0.15) is 32.8 Å². The predicted molar refractivity (Wildman–Crippen MR) is 74.2 cm³/mol. The molecule has 1 aromatic heterocycles. The van der Waals surface area contributed by atoms with Crippen LogP contribution in [0.4, 0.5) is 5.82 Å². The minimum Gasteiger partial charge on any atom is -0.370 e. The van der Waals surface area contributed by atoms with E-state index >= 15 is 0 Å². The first-order chi connectivity index (χ1) is 8.15. The number of rotatable bonds is 7. The van der Waals surface area contributed by atoms with Crippen molar-refractivity contribution in [3.8, 4) is 0 Å². The highest BCUT2D eigenvalue weighted by Crippen LogP contribution is 2.09. The SMILES string of the molecule is CCNc1ccc(CN(C)CC(C)CC)cn1. The molecule has 1 heterocycles. The molecule has 0 amide bonds. The van der Waals surface area contributed by atoms with Gasteiger partial charge in [0.25, 0.3) is 0 Å². The van der Waals surface area contributed by atoms with Crippen LogP contribution in [0.3, 0.4) is 0 Å². The molecule has 3 heteroatoms. The van der Waals surface area contributed by atoms with E-state index in [0.717, 1.165) is 31.4 Å². The monoisotopic (exact) mass is 235 g/mol. The maximum absolute atomic E-state index is 4.38. The van der Waals surface area contributed by atoms with Crippen molar-refractivity contribution < 1.29 is 0 Å². The van der Waals surface area contributed by atoms with Crippen molar-refractivity contribution in [3.05, 3.63) is 23.9 Å². The number of pyridine rings is 1. The van der Waals surface area contributed by atoms with Crippen LogP contribution in [-0.4, -0.2) is 30.0 Å². The van der Waals surface area contributed by atoms with Crippen molar-refractivity contribution in [2.75, 3.05) is 25.5 Å². The molecule has 0 aliphatic carbocycles. The highest BCUT2D eigenvalue weighted by molar-refractivity contribution is 5.35. The van der Waals surface area contributed by atoms with Crippen molar-refractivity contribution in [1.82, 2.24) is 9.88 Å². The fraction of sp³-hybridized carbons (Fsp3) is 0.643. The van der Waals surface area contributed by atoms with Gasteiger partial charge in [0, 0.05) is 25.8 Å². The summed E-state index contributed by atoms with van der Waals surface area (Å²) in [4.78, 5) is 6.74. The number of aromatic nitrogens is 1. The summed E-state index contributed by atoms with van der Waals surface area (Å²) in [5.74, 6) is 1.72. The van der Waals surface area contributed by atoms with Crippen molar-refractivity contribution in [2.24, 2.45) is 5.92 Å². The molecule has 1 N–H and O–H groups in total. The van der Waals surface area contributed by atoms with E-state index in [1.54, 1.807) is 0 Å².